The van der Waals surface area contributed by atoms with Crippen LogP contribution in [0.15, 0.2) is 48.5 Å². The number of nitrogens with one attached hydrogen (secondary N) is 1. The quantitative estimate of drug-likeness (QED) is 0.790. The van der Waals surface area contributed by atoms with Crippen LogP contribution in [0, 0.1) is 11.3 Å². The zero-order chi connectivity index (χ0) is 19.1. The van der Waals surface area contributed by atoms with Gasteiger partial charge in [-0.1, -0.05) is 38.1 Å². The van der Waals surface area contributed by atoms with E-state index in [0.29, 0.717) is 11.5 Å². The van der Waals surface area contributed by atoms with Crippen LogP contribution < -0.4 is 5.32 Å². The van der Waals surface area contributed by atoms with Crippen molar-refractivity contribution in [3.63, 3.8) is 0 Å². The highest BCUT2D eigenvalue weighted by atomic mass is 16.5. The van der Waals surface area contributed by atoms with Gasteiger partial charge in [-0.25, -0.2) is 4.79 Å². The van der Waals surface area contributed by atoms with Crippen molar-refractivity contribution in [2.24, 2.45) is 0 Å². The Kier molecular flexibility index (Phi) is 6.51. The molecule has 2 aromatic rings. The van der Waals surface area contributed by atoms with Crippen molar-refractivity contribution in [3.05, 3.63) is 65.2 Å². The van der Waals surface area contributed by atoms with Crippen LogP contribution >= 0.6 is 0 Å². The molecule has 0 aliphatic carbocycles. The van der Waals surface area contributed by atoms with Crippen molar-refractivity contribution in [3.8, 4) is 6.07 Å². The second kappa shape index (κ2) is 8.82. The Morgan fingerprint density at radius 2 is 1.88 bits per heavy atom. The largest absolute Gasteiger partial charge is 0.449 e. The number of ether oxygens (including phenoxy) is 1. The minimum Gasteiger partial charge on any atom is -0.449 e. The molecule has 0 aliphatic rings. The van der Waals surface area contributed by atoms with Gasteiger partial charge in [-0.15, -0.1) is 0 Å². The van der Waals surface area contributed by atoms with E-state index in [4.69, 9.17) is 10.00 Å². The van der Waals surface area contributed by atoms with E-state index in [1.165, 1.54) is 13.0 Å². The minimum atomic E-state index is -0.960. The van der Waals surface area contributed by atoms with Gasteiger partial charge in [0.25, 0.3) is 5.91 Å². The number of carbonyl (C=O) groups is 2. The first-order chi connectivity index (χ1) is 12.5. The van der Waals surface area contributed by atoms with Crippen molar-refractivity contribution in [1.82, 2.24) is 0 Å². The molecule has 5 heteroatoms. The van der Waals surface area contributed by atoms with E-state index in [-0.39, 0.29) is 5.56 Å². The highest BCUT2D eigenvalue weighted by Crippen LogP contribution is 2.26. The lowest BCUT2D eigenvalue weighted by Crippen LogP contribution is -2.30. The molecule has 2 atom stereocenters. The first kappa shape index (κ1) is 19.2. The summed E-state index contributed by atoms with van der Waals surface area (Å²) < 4.78 is 5.24. The number of hydrogen-bond donors (Lipinski definition) is 1. The Hall–Kier alpha value is -3.13. The minimum absolute atomic E-state index is 0.240. The van der Waals surface area contributed by atoms with E-state index in [2.05, 4.69) is 19.2 Å². The van der Waals surface area contributed by atoms with E-state index >= 15 is 0 Å². The van der Waals surface area contributed by atoms with E-state index < -0.39 is 18.0 Å². The zero-order valence-electron chi connectivity index (χ0n) is 15.2. The molecule has 0 heterocycles. The third kappa shape index (κ3) is 4.70. The predicted octanol–water partition coefficient (Wildman–Crippen LogP) is 4.26. The topological polar surface area (TPSA) is 79.2 Å². The number of esters is 1. The summed E-state index contributed by atoms with van der Waals surface area (Å²) in [4.78, 5) is 24.6. The summed E-state index contributed by atoms with van der Waals surface area (Å²) in [6.45, 7) is 5.70. The second-order valence-electron chi connectivity index (χ2n) is 6.13. The Morgan fingerprint density at radius 3 is 2.58 bits per heavy atom. The van der Waals surface area contributed by atoms with Crippen LogP contribution in [0.3, 0.4) is 0 Å². The first-order valence-electron chi connectivity index (χ1n) is 8.57. The molecule has 0 aliphatic heterocycles. The van der Waals surface area contributed by atoms with Gasteiger partial charge in [-0.3, -0.25) is 4.79 Å². The number of nitrogens with zero attached hydrogens (tertiary/aromatic N) is 1. The summed E-state index contributed by atoms with van der Waals surface area (Å²) >= 11 is 0. The van der Waals surface area contributed by atoms with Crippen LogP contribution in [0.2, 0.25) is 0 Å². The number of rotatable bonds is 6. The lowest BCUT2D eigenvalue weighted by molar-refractivity contribution is -0.123. The molecule has 0 bridgehead atoms. The monoisotopic (exact) mass is 350 g/mol. The van der Waals surface area contributed by atoms with Gasteiger partial charge in [0, 0.05) is 5.69 Å². The van der Waals surface area contributed by atoms with Gasteiger partial charge in [0.1, 0.15) is 0 Å². The normalized spacial score (nSPS) is 12.5. The van der Waals surface area contributed by atoms with E-state index in [9.17, 15) is 9.59 Å². The van der Waals surface area contributed by atoms with Crippen molar-refractivity contribution >= 4 is 17.6 Å². The number of anilines is 1. The van der Waals surface area contributed by atoms with Crippen LogP contribution in [-0.4, -0.2) is 18.0 Å². The zero-order valence-corrected chi connectivity index (χ0v) is 15.2. The second-order valence-corrected chi connectivity index (χ2v) is 6.13. The Bertz CT molecular complexity index is 839. The molecule has 0 saturated heterocycles. The van der Waals surface area contributed by atoms with Gasteiger partial charge in [-0.05, 0) is 49.1 Å². The van der Waals surface area contributed by atoms with Gasteiger partial charge in [0.05, 0.1) is 17.2 Å². The average molecular weight is 350 g/mol. The first-order valence-corrected chi connectivity index (χ1v) is 8.57. The lowest BCUT2D eigenvalue weighted by atomic mass is 9.97. The summed E-state index contributed by atoms with van der Waals surface area (Å²) in [6.07, 6.45) is -0.00892. The average Bonchev–Trinajstić information content (AvgIpc) is 2.67. The lowest BCUT2D eigenvalue weighted by Gasteiger charge is -2.18. The number of hydrogen-bond acceptors (Lipinski definition) is 4. The molecule has 5 nitrogen and oxygen atoms in total. The Labute approximate surface area is 153 Å². The molecular weight excluding hydrogens is 328 g/mol. The fourth-order valence-corrected chi connectivity index (χ4v) is 2.49. The third-order valence-electron chi connectivity index (χ3n) is 4.24. The maximum absolute atomic E-state index is 12.4. The van der Waals surface area contributed by atoms with Crippen LogP contribution in [0.4, 0.5) is 5.69 Å². The molecule has 2 rings (SSSR count). The van der Waals surface area contributed by atoms with Gasteiger partial charge < -0.3 is 10.1 Å². The van der Waals surface area contributed by atoms with Crippen LogP contribution in [0.1, 0.15) is 54.6 Å². The number of benzene rings is 2. The summed E-state index contributed by atoms with van der Waals surface area (Å²) in [7, 11) is 0. The summed E-state index contributed by atoms with van der Waals surface area (Å²) in [5.74, 6) is -0.733. The van der Waals surface area contributed by atoms with Crippen molar-refractivity contribution in [2.75, 3.05) is 5.32 Å². The SMILES string of the molecule is CC[C@@H](C)c1ccccc1NC(=O)[C@@H](C)OC(=O)c1cccc(C#N)c1. The number of nitriles is 1. The highest BCUT2D eigenvalue weighted by Gasteiger charge is 2.20. The fourth-order valence-electron chi connectivity index (χ4n) is 2.49. The van der Waals surface area contributed by atoms with E-state index in [1.807, 2.05) is 30.3 Å². The maximum Gasteiger partial charge on any atom is 0.338 e. The number of carbonyl (C=O) groups excluding carboxylic acids is 2. The van der Waals surface area contributed by atoms with Crippen molar-refractivity contribution < 1.29 is 14.3 Å². The molecule has 134 valence electrons. The van der Waals surface area contributed by atoms with Crippen LogP contribution in [0.25, 0.3) is 0 Å². The number of amides is 1. The van der Waals surface area contributed by atoms with Crippen molar-refractivity contribution in [2.45, 2.75) is 39.2 Å². The molecule has 26 heavy (non-hydrogen) atoms. The predicted molar refractivity (Wildman–Crippen MR) is 99.8 cm³/mol. The van der Waals surface area contributed by atoms with Gasteiger partial charge in [0.2, 0.25) is 0 Å². The number of para-hydroxylation sites is 1. The molecule has 0 radical (unpaired) electrons. The summed E-state index contributed by atoms with van der Waals surface area (Å²) in [6, 6.07) is 15.7. The van der Waals surface area contributed by atoms with Crippen LogP contribution in [0.5, 0.6) is 0 Å². The standard InChI is InChI=1S/C21H22N2O3/c1-4-14(2)18-10-5-6-11-19(18)23-20(24)15(3)26-21(25)17-9-7-8-16(12-17)13-22/h5-12,14-15H,4H2,1-3H3,(H,23,24)/t14-,15-/m1/s1. The molecule has 0 saturated carbocycles. The van der Waals surface area contributed by atoms with E-state index in [0.717, 1.165) is 17.7 Å². The Balaban J connectivity index is 2.06. The highest BCUT2D eigenvalue weighted by molar-refractivity contribution is 5.97. The molecule has 1 amide bonds. The molecule has 0 aromatic heterocycles. The summed E-state index contributed by atoms with van der Waals surface area (Å²) in [5, 5.41) is 11.7. The molecule has 0 unspecified atom stereocenters. The van der Waals surface area contributed by atoms with Crippen molar-refractivity contribution in [1.29, 1.82) is 5.26 Å². The molecule has 0 fully saturated rings. The molecule has 1 N–H and O–H groups in total. The van der Waals surface area contributed by atoms with E-state index in [1.54, 1.807) is 18.2 Å². The maximum atomic E-state index is 12.4. The van der Waals surface area contributed by atoms with Gasteiger partial charge in [0.15, 0.2) is 6.10 Å². The fraction of sp³-hybridized carbons (Fsp3) is 0.286. The summed E-state index contributed by atoms with van der Waals surface area (Å²) in [5.41, 5.74) is 2.37. The molecule has 2 aromatic carbocycles. The van der Waals surface area contributed by atoms with Gasteiger partial charge in [-0.2, -0.15) is 5.26 Å². The smallest absolute Gasteiger partial charge is 0.338 e. The molecular formula is C21H22N2O3. The third-order valence-corrected chi connectivity index (χ3v) is 4.24. The molecule has 0 spiro atoms. The Morgan fingerprint density at radius 1 is 1.15 bits per heavy atom. The van der Waals surface area contributed by atoms with Crippen LogP contribution in [-0.2, 0) is 9.53 Å². The van der Waals surface area contributed by atoms with Gasteiger partial charge >= 0.3 is 5.97 Å².